The van der Waals surface area contributed by atoms with Crippen molar-refractivity contribution in [1.82, 2.24) is 19.9 Å². The first-order valence-corrected chi connectivity index (χ1v) is 35.1. The van der Waals surface area contributed by atoms with Crippen LogP contribution >= 0.6 is 162 Å². The van der Waals surface area contributed by atoms with Crippen LogP contribution in [0.25, 0.3) is 39.0 Å². The molecule has 21 heteroatoms. The van der Waals surface area contributed by atoms with E-state index in [-0.39, 0.29) is 0 Å². The first-order valence-electron chi connectivity index (χ1n) is 29.8. The van der Waals surface area contributed by atoms with Crippen LogP contribution in [0.3, 0.4) is 0 Å². The van der Waals surface area contributed by atoms with Gasteiger partial charge in [0.1, 0.15) is 0 Å². The Bertz CT molecular complexity index is 5740. The minimum atomic E-state index is 0.350. The quantitative estimate of drug-likeness (QED) is 0.122. The van der Waals surface area contributed by atoms with Gasteiger partial charge in [-0.15, -0.1) is 0 Å². The van der Waals surface area contributed by atoms with E-state index in [0.717, 1.165) is 0 Å². The number of aliphatic imine (C=N–C) groups is 3. The Morgan fingerprint density at radius 2 is 0.367 bits per heavy atom. The van der Waals surface area contributed by atoms with Gasteiger partial charge in [0.05, 0.1) is 105 Å². The Balaban J connectivity index is 1.11. The molecule has 8 heterocycles. The lowest BCUT2D eigenvalue weighted by Gasteiger charge is -2.15. The SMILES string of the molecule is Clc1cccc(Cl)c1C1=C2C=CC(=N2)C(c2c(Cl)cccc2Cl)=c2ccc([nH]2)=C(c2c(Cl)cccc2Cl)C2=NC(=C(c3c(Cl)cccc3Cl)c3ccc([nH]3)C(c3c(Cl)cccc3Cl)=c3ccc([nH]3)=C(c3c(Cl)cccc3Cl)C3=NC(=C(c4c(Cl)cccc4Cl)c4ccc1[nH]4)C=C3)C=C2. The third-order valence-corrected chi connectivity index (χ3v) is 21.3. The molecule has 7 nitrogen and oxygen atoms in total. The van der Waals surface area contributed by atoms with Crippen LogP contribution in [0.15, 0.2) is 244 Å². The molecule has 0 saturated heterocycles. The lowest BCUT2D eigenvalue weighted by atomic mass is 10.00. The summed E-state index contributed by atoms with van der Waals surface area (Å²) in [5.74, 6) is 0. The summed E-state index contributed by atoms with van der Waals surface area (Å²) in [7, 11) is 0. The second kappa shape index (κ2) is 27.3. The van der Waals surface area contributed by atoms with Crippen molar-refractivity contribution in [2.24, 2.45) is 15.0 Å². The highest BCUT2D eigenvalue weighted by Gasteiger charge is 2.31. The third kappa shape index (κ3) is 12.1. The number of aromatic nitrogens is 4. The van der Waals surface area contributed by atoms with Gasteiger partial charge in [0.15, 0.2) is 0 Å². The first-order chi connectivity index (χ1) is 47.4. The van der Waals surface area contributed by atoms with Crippen molar-refractivity contribution in [3.8, 4) is 0 Å². The van der Waals surface area contributed by atoms with Gasteiger partial charge < -0.3 is 19.9 Å². The number of nitrogens with zero attached hydrogens (tertiary/aromatic N) is 3. The Labute approximate surface area is 630 Å². The second-order valence-corrected chi connectivity index (χ2v) is 28.3. The highest BCUT2D eigenvalue weighted by atomic mass is 35.5. The van der Waals surface area contributed by atoms with Gasteiger partial charge >= 0.3 is 0 Å². The van der Waals surface area contributed by atoms with Crippen LogP contribution in [0.4, 0.5) is 0 Å². The lowest BCUT2D eigenvalue weighted by Crippen LogP contribution is -2.21. The van der Waals surface area contributed by atoms with Gasteiger partial charge in [0.2, 0.25) is 0 Å². The predicted molar refractivity (Wildman–Crippen MR) is 414 cm³/mol. The lowest BCUT2D eigenvalue weighted by molar-refractivity contribution is 1.22. The smallest absolute Gasteiger partial charge is 0.0738 e. The number of aromatic amines is 4. The van der Waals surface area contributed by atoms with Gasteiger partial charge in [-0.3, -0.25) is 0 Å². The molecule has 11 aromatic rings. The number of rotatable bonds is 7. The van der Waals surface area contributed by atoms with Crippen molar-refractivity contribution in [1.29, 1.82) is 0 Å². The van der Waals surface area contributed by atoms with Crippen molar-refractivity contribution in [3.05, 3.63) is 383 Å². The molecule has 14 bridgehead atoms. The maximum absolute atomic E-state index is 7.28. The number of nitrogens with one attached hydrogen (secondary N) is 4. The fourth-order valence-electron chi connectivity index (χ4n) is 12.6. The summed E-state index contributed by atoms with van der Waals surface area (Å²) in [4.78, 5) is 31.3. The van der Waals surface area contributed by atoms with Crippen molar-refractivity contribution < 1.29 is 0 Å². The molecule has 0 atom stereocenters. The van der Waals surface area contributed by atoms with E-state index >= 15 is 0 Å². The number of allylic oxidation sites excluding steroid dienone is 6. The molecule has 15 rings (SSSR count). The van der Waals surface area contributed by atoms with Crippen LogP contribution in [-0.2, 0) is 0 Å². The van der Waals surface area contributed by atoms with Gasteiger partial charge in [0, 0.05) is 122 Å². The van der Waals surface area contributed by atoms with Crippen molar-refractivity contribution in [2.45, 2.75) is 0 Å². The monoisotopic (exact) mass is 1550 g/mol. The molecule has 0 saturated carbocycles. The zero-order valence-electron chi connectivity index (χ0n) is 49.8. The van der Waals surface area contributed by atoms with Crippen LogP contribution in [0.2, 0.25) is 70.3 Å². The molecule has 0 fully saturated rings. The van der Waals surface area contributed by atoms with Gasteiger partial charge in [-0.1, -0.05) is 205 Å². The number of halogens is 14. The Morgan fingerprint density at radius 1 is 0.184 bits per heavy atom. The molecule has 7 aromatic carbocycles. The number of fused-ring (bicyclic) bond motifs is 11. The highest BCUT2D eigenvalue weighted by Crippen LogP contribution is 2.46. The Hall–Kier alpha value is -7.35. The minimum absolute atomic E-state index is 0.350. The number of H-pyrrole nitrogens is 4. The summed E-state index contributed by atoms with van der Waals surface area (Å²) in [6, 6.07) is 52.5. The van der Waals surface area contributed by atoms with E-state index in [9.17, 15) is 0 Å². The first kappa shape index (κ1) is 66.5. The molecule has 0 unspecified atom stereocenters. The summed E-state index contributed by atoms with van der Waals surface area (Å²) in [6.07, 6.45) is 11.3. The summed E-state index contributed by atoms with van der Waals surface area (Å²) in [5.41, 5.74) is 12.4. The molecular weight excluding hydrogens is 1520 g/mol. The van der Waals surface area contributed by atoms with Crippen LogP contribution in [0.1, 0.15) is 61.7 Å². The maximum atomic E-state index is 7.28. The number of hydrogen-bond donors (Lipinski definition) is 4. The fourth-order valence-corrected chi connectivity index (χ4v) is 16.7. The molecule has 4 aliphatic rings. The molecule has 480 valence electrons. The zero-order valence-corrected chi connectivity index (χ0v) is 60.4. The van der Waals surface area contributed by atoms with E-state index in [0.29, 0.717) is 227 Å². The highest BCUT2D eigenvalue weighted by molar-refractivity contribution is 6.46. The molecule has 0 aliphatic carbocycles. The summed E-state index contributed by atoms with van der Waals surface area (Å²) < 4.78 is 0. The molecule has 4 aromatic heterocycles. The molecule has 4 aliphatic heterocycles. The average molecular weight is 1560 g/mol. The number of hydrogen-bond acceptors (Lipinski definition) is 3. The fraction of sp³-hybridized carbons (Fsp3) is 0. The van der Waals surface area contributed by atoms with E-state index in [1.54, 1.807) is 127 Å². The van der Waals surface area contributed by atoms with Crippen LogP contribution in [-0.4, -0.2) is 37.1 Å². The van der Waals surface area contributed by atoms with E-state index in [4.69, 9.17) is 177 Å². The van der Waals surface area contributed by atoms with Gasteiger partial charge in [-0.05, 0) is 170 Å². The van der Waals surface area contributed by atoms with Crippen LogP contribution < -0.4 is 21.4 Å². The molecule has 0 radical (unpaired) electrons. The summed E-state index contributed by atoms with van der Waals surface area (Å²) in [5, 5.41) is 7.22. The van der Waals surface area contributed by atoms with Crippen LogP contribution in [0, 0.1) is 0 Å². The predicted octanol–water partition coefficient (Wildman–Crippen LogP) is 22.7. The van der Waals surface area contributed by atoms with Crippen molar-refractivity contribution in [2.75, 3.05) is 0 Å². The summed E-state index contributed by atoms with van der Waals surface area (Å²) in [6.45, 7) is 0. The van der Waals surface area contributed by atoms with E-state index in [2.05, 4.69) is 19.9 Å². The number of benzene rings is 7. The van der Waals surface area contributed by atoms with Crippen molar-refractivity contribution in [3.63, 3.8) is 0 Å². The molecular formula is C77H39Cl14N7. The van der Waals surface area contributed by atoms with Gasteiger partial charge in [-0.2, -0.15) is 0 Å². The Kier molecular flexibility index (Phi) is 18.5. The molecule has 0 spiro atoms. The second-order valence-electron chi connectivity index (χ2n) is 22.6. The van der Waals surface area contributed by atoms with Gasteiger partial charge in [-0.25, -0.2) is 15.0 Å². The molecule has 98 heavy (non-hydrogen) atoms. The standard InChI is InChI=1S/C77H39Cl14N7/c78-36-8-1-9-37(79)64(36)71-50-22-24-52(92-50)72(65-38(80)10-2-11-39(65)81)54-26-28-56(94-54)74(67-42(84)14-4-15-43(67)85)58-30-32-60(96-58)76(69-46(88)18-6-19-47(69)89)62-34-35-63(98-62)77(70-48(90)20-7-21-49(70)91)61-33-31-59(97-61)75(68-44(86)16-5-17-45(68)87)57-29-27-55(95-57)73(53-25-23-51(71)93-53)66-40(82)12-3-13-41(66)83/h1-35,92-93,96-97H. The van der Waals surface area contributed by atoms with Crippen molar-refractivity contribution >= 4 is 219 Å². The molecule has 4 N–H and O–H groups in total. The zero-order chi connectivity index (χ0) is 67.9. The largest absolute Gasteiger partial charge is 0.354 e. The Morgan fingerprint density at radius 3 is 0.592 bits per heavy atom. The third-order valence-electron chi connectivity index (χ3n) is 16.8. The summed E-state index contributed by atoms with van der Waals surface area (Å²) >= 11 is 102. The topological polar surface area (TPSA) is 100 Å². The average Bonchev–Trinajstić information content (AvgIpc) is 1.60. The van der Waals surface area contributed by atoms with E-state index in [1.165, 1.54) is 0 Å². The molecule has 0 amide bonds. The van der Waals surface area contributed by atoms with Gasteiger partial charge in [0.25, 0.3) is 0 Å². The normalized spacial score (nSPS) is 14.7. The minimum Gasteiger partial charge on any atom is -0.354 e. The maximum Gasteiger partial charge on any atom is 0.0738 e. The van der Waals surface area contributed by atoms with Crippen LogP contribution in [0.5, 0.6) is 0 Å². The van der Waals surface area contributed by atoms with E-state index < -0.39 is 0 Å². The van der Waals surface area contributed by atoms with E-state index in [1.807, 2.05) is 85.0 Å².